The van der Waals surface area contributed by atoms with Gasteiger partial charge in [-0.2, -0.15) is 8.42 Å². The summed E-state index contributed by atoms with van der Waals surface area (Å²) in [5.74, 6) is 0. The quantitative estimate of drug-likeness (QED) is 0.202. The van der Waals surface area contributed by atoms with E-state index in [0.29, 0.717) is 11.8 Å². The zero-order valence-electron chi connectivity index (χ0n) is 16.1. The Morgan fingerprint density at radius 3 is 1.83 bits per heavy atom. The van der Waals surface area contributed by atoms with Crippen molar-refractivity contribution in [3.8, 4) is 0 Å². The molecule has 0 aliphatic carbocycles. The van der Waals surface area contributed by atoms with Crippen LogP contribution >= 0.6 is 0 Å². The van der Waals surface area contributed by atoms with Crippen molar-refractivity contribution in [2.24, 2.45) is 5.41 Å². The van der Waals surface area contributed by atoms with Crippen LogP contribution in [0.25, 0.3) is 0 Å². The first-order valence-corrected chi connectivity index (χ1v) is 13.6. The van der Waals surface area contributed by atoms with E-state index >= 15 is 0 Å². The van der Waals surface area contributed by atoms with Crippen LogP contribution < -0.4 is 0 Å². The highest BCUT2D eigenvalue weighted by atomic mass is 32.2. The molecule has 0 aromatic heterocycles. The second kappa shape index (κ2) is 11.6. The Morgan fingerprint density at radius 2 is 1.39 bits per heavy atom. The van der Waals surface area contributed by atoms with Gasteiger partial charge in [0.15, 0.2) is 15.3 Å². The van der Waals surface area contributed by atoms with Crippen LogP contribution in [0.5, 0.6) is 0 Å². The van der Waals surface area contributed by atoms with Crippen LogP contribution in [0, 0.1) is 5.41 Å². The van der Waals surface area contributed by atoms with Gasteiger partial charge in [0.05, 0.1) is 6.26 Å². The molecule has 1 atom stereocenters. The van der Waals surface area contributed by atoms with Gasteiger partial charge in [0.25, 0.3) is 10.1 Å². The lowest BCUT2D eigenvalue weighted by Crippen LogP contribution is -2.26. The zero-order valence-corrected chi connectivity index (χ0v) is 18.0. The predicted octanol–water partition coefficient (Wildman–Crippen LogP) is 4.85. The third-order valence-electron chi connectivity index (χ3n) is 3.57. The van der Waals surface area contributed by atoms with Gasteiger partial charge in [-0.15, -0.1) is 0 Å². The Balaban J connectivity index is 3.70. The number of hydrogen-bond acceptors (Lipinski definition) is 4. The molecule has 1 unspecified atom stereocenters. The fraction of sp³-hybridized carbons (Fsp3) is 1.00. The molecule has 0 N–H and O–H groups in total. The zero-order chi connectivity index (χ0) is 17.9. The van der Waals surface area contributed by atoms with Crippen molar-refractivity contribution >= 4 is 19.2 Å². The van der Waals surface area contributed by atoms with E-state index in [1.54, 1.807) is 0 Å². The van der Waals surface area contributed by atoms with E-state index in [2.05, 4.69) is 20.8 Å². The monoisotopic (exact) mass is 366 g/mol. The van der Waals surface area contributed by atoms with Crippen LogP contribution in [-0.2, 0) is 18.7 Å². The van der Waals surface area contributed by atoms with Crippen LogP contribution in [-0.4, -0.2) is 30.0 Å². The summed E-state index contributed by atoms with van der Waals surface area (Å²) in [7, 11) is -4.74. The van der Waals surface area contributed by atoms with Gasteiger partial charge in [-0.3, -0.25) is 0 Å². The van der Waals surface area contributed by atoms with Crippen LogP contribution in [0.2, 0.25) is 13.1 Å². The lowest BCUT2D eigenvalue weighted by atomic mass is 9.89. The van der Waals surface area contributed by atoms with Crippen molar-refractivity contribution in [3.63, 3.8) is 0 Å². The Hall–Kier alpha value is 0.0869. The van der Waals surface area contributed by atoms with Crippen molar-refractivity contribution in [1.82, 2.24) is 0 Å². The van der Waals surface area contributed by atoms with Gasteiger partial charge in [-0.05, 0) is 37.8 Å². The summed E-state index contributed by atoms with van der Waals surface area (Å²) >= 11 is 0. The number of hydrogen-bond donors (Lipinski definition) is 0. The molecule has 0 heterocycles. The van der Waals surface area contributed by atoms with E-state index in [1.807, 2.05) is 13.1 Å². The molecule has 23 heavy (non-hydrogen) atoms. The summed E-state index contributed by atoms with van der Waals surface area (Å²) in [5, 5.41) is 0. The molecule has 0 aliphatic rings. The Bertz CT molecular complexity index is 388. The van der Waals surface area contributed by atoms with E-state index in [-0.39, 0.29) is 0 Å². The highest BCUT2D eigenvalue weighted by Crippen LogP contribution is 2.22. The molecule has 0 aromatic carbocycles. The first-order valence-electron chi connectivity index (χ1n) is 9.03. The Kier molecular flexibility index (Phi) is 11.7. The number of rotatable bonds is 13. The maximum atomic E-state index is 11.2. The summed E-state index contributed by atoms with van der Waals surface area (Å²) in [6, 6.07) is 0. The van der Waals surface area contributed by atoms with Crippen LogP contribution in [0.1, 0.15) is 78.6 Å². The molecule has 0 spiro atoms. The second-order valence-corrected chi connectivity index (χ2v) is 12.0. The standard InChI is InChI=1S/C17H38O4SSi/c1-17(2,3)15-13-11-9-7-8-10-12-14-16(21-23(5)6)20-22(4,18)19/h16,23H,7-15H2,1-6H3. The summed E-state index contributed by atoms with van der Waals surface area (Å²) in [5.41, 5.74) is 0.453. The van der Waals surface area contributed by atoms with Crippen molar-refractivity contribution in [2.45, 2.75) is 97.9 Å². The van der Waals surface area contributed by atoms with Gasteiger partial charge in [0.1, 0.15) is 0 Å². The molecule has 0 bridgehead atoms. The first-order chi connectivity index (χ1) is 10.5. The number of unbranched alkanes of at least 4 members (excludes halogenated alkanes) is 6. The fourth-order valence-corrected chi connectivity index (χ4v) is 3.90. The molecule has 4 nitrogen and oxygen atoms in total. The maximum absolute atomic E-state index is 11.2. The van der Waals surface area contributed by atoms with Crippen LogP contribution in [0.15, 0.2) is 0 Å². The molecule has 0 fully saturated rings. The normalized spacial score (nSPS) is 14.4. The molecule has 0 aromatic rings. The average Bonchev–Trinajstić information content (AvgIpc) is 2.32. The summed E-state index contributed by atoms with van der Waals surface area (Å²) in [6.07, 6.45) is 11.0. The van der Waals surface area contributed by atoms with Crippen molar-refractivity contribution < 1.29 is 17.0 Å². The van der Waals surface area contributed by atoms with Gasteiger partial charge in [0.2, 0.25) is 0 Å². The topological polar surface area (TPSA) is 52.6 Å². The maximum Gasteiger partial charge on any atom is 0.266 e. The predicted molar refractivity (Wildman–Crippen MR) is 101 cm³/mol. The van der Waals surface area contributed by atoms with E-state index < -0.39 is 25.4 Å². The SMILES string of the molecule is C[SiH](C)OC(CCCCCCCCCC(C)(C)C)OS(C)(=O)=O. The molecular weight excluding hydrogens is 328 g/mol. The third kappa shape index (κ3) is 18.3. The average molecular weight is 367 g/mol. The van der Waals surface area contributed by atoms with Crippen molar-refractivity contribution in [2.75, 3.05) is 6.26 Å². The molecule has 6 heteroatoms. The first kappa shape index (κ1) is 23.1. The van der Waals surface area contributed by atoms with E-state index in [1.165, 1.54) is 38.5 Å². The largest absolute Gasteiger partial charge is 0.395 e. The second-order valence-electron chi connectivity index (χ2n) is 7.99. The van der Waals surface area contributed by atoms with Gasteiger partial charge >= 0.3 is 0 Å². The Labute approximate surface area is 146 Å². The van der Waals surface area contributed by atoms with Gasteiger partial charge in [0, 0.05) is 0 Å². The third-order valence-corrected chi connectivity index (χ3v) is 4.98. The van der Waals surface area contributed by atoms with Crippen LogP contribution in [0.4, 0.5) is 0 Å². The fourth-order valence-electron chi connectivity index (χ4n) is 2.49. The van der Waals surface area contributed by atoms with E-state index in [4.69, 9.17) is 8.61 Å². The van der Waals surface area contributed by atoms with Crippen molar-refractivity contribution in [1.29, 1.82) is 0 Å². The molecule has 0 amide bonds. The van der Waals surface area contributed by atoms with Crippen LogP contribution in [0.3, 0.4) is 0 Å². The van der Waals surface area contributed by atoms with Gasteiger partial charge in [-0.25, -0.2) is 4.18 Å². The van der Waals surface area contributed by atoms with E-state index in [9.17, 15) is 8.42 Å². The minimum Gasteiger partial charge on any atom is -0.395 e. The molecule has 0 radical (unpaired) electrons. The summed E-state index contributed by atoms with van der Waals surface area (Å²) in [4.78, 5) is 0. The lowest BCUT2D eigenvalue weighted by Gasteiger charge is -2.19. The molecule has 0 aliphatic heterocycles. The summed E-state index contributed by atoms with van der Waals surface area (Å²) < 4.78 is 33.2. The van der Waals surface area contributed by atoms with Crippen molar-refractivity contribution in [3.05, 3.63) is 0 Å². The minimum atomic E-state index is -3.44. The minimum absolute atomic E-state index is 0.453. The van der Waals surface area contributed by atoms with E-state index in [0.717, 1.165) is 19.1 Å². The summed E-state index contributed by atoms with van der Waals surface area (Å²) in [6.45, 7) is 10.9. The lowest BCUT2D eigenvalue weighted by molar-refractivity contribution is 0.00244. The Morgan fingerprint density at radius 1 is 0.913 bits per heavy atom. The highest BCUT2D eigenvalue weighted by Gasteiger charge is 2.17. The molecule has 140 valence electrons. The molecule has 0 rings (SSSR count). The molecular formula is C17H38O4SSi. The molecule has 0 saturated heterocycles. The molecule has 0 saturated carbocycles. The van der Waals surface area contributed by atoms with Gasteiger partial charge in [-0.1, -0.05) is 59.3 Å². The van der Waals surface area contributed by atoms with Gasteiger partial charge < -0.3 is 4.43 Å². The highest BCUT2D eigenvalue weighted by molar-refractivity contribution is 7.86. The smallest absolute Gasteiger partial charge is 0.266 e.